The summed E-state index contributed by atoms with van der Waals surface area (Å²) >= 11 is 0. The van der Waals surface area contributed by atoms with Crippen molar-refractivity contribution >= 4 is 5.97 Å². The van der Waals surface area contributed by atoms with Gasteiger partial charge in [0.2, 0.25) is 0 Å². The zero-order chi connectivity index (χ0) is 12.3. The van der Waals surface area contributed by atoms with Gasteiger partial charge in [-0.25, -0.2) is 4.39 Å². The monoisotopic (exact) mass is 231 g/mol. The van der Waals surface area contributed by atoms with Gasteiger partial charge in [0.1, 0.15) is 5.82 Å². The number of carbonyl (C=O) groups is 1. The van der Waals surface area contributed by atoms with E-state index in [1.807, 2.05) is 0 Å². The zero-order valence-corrected chi connectivity index (χ0v) is 8.93. The molecular formula is C13H10FNO2. The van der Waals surface area contributed by atoms with E-state index in [2.05, 4.69) is 4.98 Å². The van der Waals surface area contributed by atoms with E-state index in [-0.39, 0.29) is 12.2 Å². The summed E-state index contributed by atoms with van der Waals surface area (Å²) in [7, 11) is 0. The molecule has 0 bridgehead atoms. The van der Waals surface area contributed by atoms with E-state index < -0.39 is 5.97 Å². The van der Waals surface area contributed by atoms with Crippen molar-refractivity contribution in [1.82, 2.24) is 4.98 Å². The van der Waals surface area contributed by atoms with Crippen molar-refractivity contribution in [2.75, 3.05) is 0 Å². The summed E-state index contributed by atoms with van der Waals surface area (Å²) in [6.45, 7) is 0. The fourth-order valence-corrected chi connectivity index (χ4v) is 1.51. The number of nitrogens with zero attached hydrogens (tertiary/aromatic N) is 1. The van der Waals surface area contributed by atoms with Gasteiger partial charge in [0.15, 0.2) is 0 Å². The highest BCUT2D eigenvalue weighted by Crippen LogP contribution is 2.17. The van der Waals surface area contributed by atoms with E-state index in [0.717, 1.165) is 17.3 Å². The molecule has 0 fully saturated rings. The van der Waals surface area contributed by atoms with Crippen molar-refractivity contribution in [2.24, 2.45) is 0 Å². The van der Waals surface area contributed by atoms with Crippen molar-refractivity contribution in [1.29, 1.82) is 0 Å². The lowest BCUT2D eigenvalue weighted by atomic mass is 10.1. The third-order valence-electron chi connectivity index (χ3n) is 2.33. The van der Waals surface area contributed by atoms with Crippen molar-refractivity contribution in [3.8, 4) is 11.3 Å². The summed E-state index contributed by atoms with van der Waals surface area (Å²) in [4.78, 5) is 14.5. The van der Waals surface area contributed by atoms with Crippen molar-refractivity contribution in [2.45, 2.75) is 6.42 Å². The van der Waals surface area contributed by atoms with Crippen LogP contribution in [0.1, 0.15) is 5.56 Å². The van der Waals surface area contributed by atoms with Crippen molar-refractivity contribution < 1.29 is 14.3 Å². The predicted octanol–water partition coefficient (Wildman–Crippen LogP) is 2.51. The lowest BCUT2D eigenvalue weighted by Crippen LogP contribution is -1.99. The highest BCUT2D eigenvalue weighted by molar-refractivity contribution is 5.70. The van der Waals surface area contributed by atoms with Crippen LogP contribution in [-0.2, 0) is 11.2 Å². The average Bonchev–Trinajstić information content (AvgIpc) is 2.30. The Hall–Kier alpha value is -2.23. The lowest BCUT2D eigenvalue weighted by Gasteiger charge is -2.02. The minimum absolute atomic E-state index is 0.00285. The third-order valence-corrected chi connectivity index (χ3v) is 2.33. The number of aliphatic carboxylic acids is 1. The number of pyridine rings is 1. The van der Waals surface area contributed by atoms with Gasteiger partial charge >= 0.3 is 5.97 Å². The molecule has 1 aromatic heterocycles. The molecule has 0 aliphatic heterocycles. The highest BCUT2D eigenvalue weighted by atomic mass is 19.1. The average molecular weight is 231 g/mol. The van der Waals surface area contributed by atoms with Gasteiger partial charge in [-0.15, -0.1) is 0 Å². The lowest BCUT2D eigenvalue weighted by molar-refractivity contribution is -0.136. The molecule has 1 aromatic carbocycles. The first-order valence-electron chi connectivity index (χ1n) is 5.08. The molecule has 0 saturated heterocycles. The molecule has 4 heteroatoms. The summed E-state index contributed by atoms with van der Waals surface area (Å²) in [5.74, 6) is -1.24. The Kier molecular flexibility index (Phi) is 3.14. The van der Waals surface area contributed by atoms with Crippen LogP contribution in [0, 0.1) is 5.82 Å². The van der Waals surface area contributed by atoms with E-state index in [1.165, 1.54) is 6.07 Å². The molecule has 1 N–H and O–H groups in total. The van der Waals surface area contributed by atoms with Crippen molar-refractivity contribution in [3.63, 3.8) is 0 Å². The van der Waals surface area contributed by atoms with Crippen LogP contribution in [0.2, 0.25) is 0 Å². The van der Waals surface area contributed by atoms with E-state index in [0.29, 0.717) is 5.69 Å². The Morgan fingerprint density at radius 2 is 1.88 bits per heavy atom. The fraction of sp³-hybridized carbons (Fsp3) is 0.0769. The molecule has 0 radical (unpaired) electrons. The molecule has 3 nitrogen and oxygen atoms in total. The zero-order valence-electron chi connectivity index (χ0n) is 8.93. The van der Waals surface area contributed by atoms with Crippen LogP contribution in [0.4, 0.5) is 4.39 Å². The molecule has 2 rings (SSSR count). The number of aromatic nitrogens is 1. The maximum Gasteiger partial charge on any atom is 0.307 e. The summed E-state index contributed by atoms with van der Waals surface area (Å²) in [5, 5.41) is 8.63. The largest absolute Gasteiger partial charge is 0.481 e. The summed E-state index contributed by atoms with van der Waals surface area (Å²) < 4.78 is 12.7. The van der Waals surface area contributed by atoms with Gasteiger partial charge < -0.3 is 5.11 Å². The van der Waals surface area contributed by atoms with E-state index in [4.69, 9.17) is 5.11 Å². The van der Waals surface area contributed by atoms with Crippen LogP contribution < -0.4 is 0 Å². The van der Waals surface area contributed by atoms with E-state index in [9.17, 15) is 9.18 Å². The smallest absolute Gasteiger partial charge is 0.307 e. The SMILES string of the molecule is O=C(O)Cc1ccc(-c2ccc(F)cn2)cc1. The van der Waals surface area contributed by atoms with Gasteiger partial charge in [-0.3, -0.25) is 9.78 Å². The Morgan fingerprint density at radius 1 is 1.18 bits per heavy atom. The normalized spacial score (nSPS) is 10.2. The molecule has 0 spiro atoms. The standard InChI is InChI=1S/C13H10FNO2/c14-11-5-6-12(15-8-11)10-3-1-9(2-4-10)7-13(16)17/h1-6,8H,7H2,(H,16,17). The predicted molar refractivity (Wildman–Crippen MR) is 61.0 cm³/mol. The number of hydrogen-bond acceptors (Lipinski definition) is 2. The molecular weight excluding hydrogens is 221 g/mol. The maximum absolute atomic E-state index is 12.7. The van der Waals surface area contributed by atoms with Crippen LogP contribution in [0.25, 0.3) is 11.3 Å². The van der Waals surface area contributed by atoms with Crippen molar-refractivity contribution in [3.05, 3.63) is 54.0 Å². The Morgan fingerprint density at radius 3 is 2.41 bits per heavy atom. The third kappa shape index (κ3) is 2.87. The van der Waals surface area contributed by atoms with Crippen LogP contribution >= 0.6 is 0 Å². The topological polar surface area (TPSA) is 50.2 Å². The number of carboxylic acids is 1. The Balaban J connectivity index is 2.23. The number of benzene rings is 1. The van der Waals surface area contributed by atoms with Crippen LogP contribution in [0.15, 0.2) is 42.6 Å². The molecule has 0 aliphatic rings. The summed E-state index contributed by atoms with van der Waals surface area (Å²) in [5.41, 5.74) is 2.22. The van der Waals surface area contributed by atoms with Crippen LogP contribution in [-0.4, -0.2) is 16.1 Å². The maximum atomic E-state index is 12.7. The first-order chi connectivity index (χ1) is 8.15. The van der Waals surface area contributed by atoms with E-state index in [1.54, 1.807) is 30.3 Å². The fourth-order valence-electron chi connectivity index (χ4n) is 1.51. The van der Waals surface area contributed by atoms with Crippen LogP contribution in [0.5, 0.6) is 0 Å². The number of rotatable bonds is 3. The second-order valence-corrected chi connectivity index (χ2v) is 3.63. The second kappa shape index (κ2) is 4.74. The summed E-state index contributed by atoms with van der Waals surface area (Å²) in [6.07, 6.45) is 1.15. The molecule has 0 aliphatic carbocycles. The number of hydrogen-bond donors (Lipinski definition) is 1. The number of carboxylic acid groups (broad SMARTS) is 1. The molecule has 1 heterocycles. The minimum Gasteiger partial charge on any atom is -0.481 e. The second-order valence-electron chi connectivity index (χ2n) is 3.63. The van der Waals surface area contributed by atoms with Gasteiger partial charge in [-0.1, -0.05) is 24.3 Å². The summed E-state index contributed by atoms with van der Waals surface area (Å²) in [6, 6.07) is 9.94. The molecule has 86 valence electrons. The van der Waals surface area contributed by atoms with Gasteiger partial charge in [0.25, 0.3) is 0 Å². The van der Waals surface area contributed by atoms with Crippen LogP contribution in [0.3, 0.4) is 0 Å². The number of halogens is 1. The van der Waals surface area contributed by atoms with Gasteiger partial charge in [0, 0.05) is 5.56 Å². The van der Waals surface area contributed by atoms with Gasteiger partial charge in [-0.2, -0.15) is 0 Å². The molecule has 0 unspecified atom stereocenters. The van der Waals surface area contributed by atoms with Gasteiger partial charge in [-0.05, 0) is 17.7 Å². The van der Waals surface area contributed by atoms with Gasteiger partial charge in [0.05, 0.1) is 18.3 Å². The Labute approximate surface area is 97.6 Å². The molecule has 0 amide bonds. The first-order valence-corrected chi connectivity index (χ1v) is 5.08. The highest BCUT2D eigenvalue weighted by Gasteiger charge is 2.02. The molecule has 17 heavy (non-hydrogen) atoms. The first kappa shape index (κ1) is 11.3. The quantitative estimate of drug-likeness (QED) is 0.883. The minimum atomic E-state index is -0.863. The Bertz CT molecular complexity index is 520. The molecule has 0 saturated carbocycles. The van der Waals surface area contributed by atoms with E-state index >= 15 is 0 Å². The molecule has 2 aromatic rings. The molecule has 0 atom stereocenters.